The van der Waals surface area contributed by atoms with E-state index in [-0.39, 0.29) is 0 Å². The van der Waals surface area contributed by atoms with Crippen molar-refractivity contribution < 1.29 is 4.42 Å². The van der Waals surface area contributed by atoms with Crippen LogP contribution in [0.5, 0.6) is 0 Å². The number of nitrogens with one attached hydrogen (secondary N) is 1. The summed E-state index contributed by atoms with van der Waals surface area (Å²) in [5.74, 6) is 2.64. The van der Waals surface area contributed by atoms with E-state index in [4.69, 9.17) is 4.42 Å². The number of hydrogen-bond acceptors (Lipinski definition) is 6. The number of aromatic nitrogens is 2. The highest BCUT2D eigenvalue weighted by Crippen LogP contribution is 2.20. The second kappa shape index (κ2) is 7.31. The van der Waals surface area contributed by atoms with Crippen molar-refractivity contribution in [3.05, 3.63) is 34.8 Å². The molecule has 6 nitrogen and oxygen atoms in total. The number of rotatable bonds is 5. The average molecular weight is 380 g/mol. The van der Waals surface area contributed by atoms with Gasteiger partial charge in [0.05, 0.1) is 6.54 Å². The zero-order chi connectivity index (χ0) is 16.2. The standard InChI is InChI=1S/C16H22BrN5O/c1-21(2)16-18-8-5-15(20-16)19-12-6-9-22(10-7-12)11-13-3-4-14(17)23-13/h3-5,8,12H,6-7,9-11H2,1-2H3,(H,18,19,20). The van der Waals surface area contributed by atoms with E-state index >= 15 is 0 Å². The number of likely N-dealkylation sites (tertiary alicyclic amines) is 1. The van der Waals surface area contributed by atoms with Crippen LogP contribution in [0.2, 0.25) is 0 Å². The second-order valence-corrected chi connectivity index (χ2v) is 6.82. The second-order valence-electron chi connectivity index (χ2n) is 6.04. The van der Waals surface area contributed by atoms with E-state index < -0.39 is 0 Å². The highest BCUT2D eigenvalue weighted by atomic mass is 79.9. The Kier molecular flexibility index (Phi) is 5.17. The molecule has 0 atom stereocenters. The summed E-state index contributed by atoms with van der Waals surface area (Å²) in [5.41, 5.74) is 0. The first-order valence-corrected chi connectivity index (χ1v) is 8.63. The molecule has 0 saturated carbocycles. The number of halogens is 1. The van der Waals surface area contributed by atoms with Gasteiger partial charge in [0.25, 0.3) is 0 Å². The maximum atomic E-state index is 5.58. The van der Waals surface area contributed by atoms with Gasteiger partial charge in [0.1, 0.15) is 11.6 Å². The summed E-state index contributed by atoms with van der Waals surface area (Å²) < 4.78 is 6.38. The SMILES string of the molecule is CN(C)c1nccc(NC2CCN(Cc3ccc(Br)o3)CC2)n1. The first kappa shape index (κ1) is 16.3. The zero-order valence-electron chi connectivity index (χ0n) is 13.5. The van der Waals surface area contributed by atoms with Gasteiger partial charge in [-0.05, 0) is 47.0 Å². The Morgan fingerprint density at radius 2 is 2.09 bits per heavy atom. The van der Waals surface area contributed by atoms with Gasteiger partial charge in [-0.15, -0.1) is 0 Å². The minimum atomic E-state index is 0.458. The van der Waals surface area contributed by atoms with Crippen LogP contribution in [-0.2, 0) is 6.54 Å². The van der Waals surface area contributed by atoms with E-state index in [0.29, 0.717) is 6.04 Å². The van der Waals surface area contributed by atoms with Crippen LogP contribution in [0, 0.1) is 0 Å². The molecule has 0 spiro atoms. The van der Waals surface area contributed by atoms with Crippen LogP contribution in [0.15, 0.2) is 33.5 Å². The minimum Gasteiger partial charge on any atom is -0.453 e. The molecule has 23 heavy (non-hydrogen) atoms. The Labute approximate surface area is 145 Å². The monoisotopic (exact) mass is 379 g/mol. The molecule has 1 N–H and O–H groups in total. The van der Waals surface area contributed by atoms with E-state index in [9.17, 15) is 0 Å². The van der Waals surface area contributed by atoms with Crippen molar-refractivity contribution in [1.29, 1.82) is 0 Å². The normalized spacial score (nSPS) is 16.5. The van der Waals surface area contributed by atoms with Crippen molar-refractivity contribution in [2.24, 2.45) is 0 Å². The van der Waals surface area contributed by atoms with Gasteiger partial charge in [-0.1, -0.05) is 0 Å². The Morgan fingerprint density at radius 1 is 1.30 bits per heavy atom. The fourth-order valence-electron chi connectivity index (χ4n) is 2.75. The van der Waals surface area contributed by atoms with Gasteiger partial charge in [-0.2, -0.15) is 4.98 Å². The van der Waals surface area contributed by atoms with Crippen LogP contribution >= 0.6 is 15.9 Å². The molecule has 1 aliphatic rings. The number of furan rings is 1. The number of anilines is 2. The van der Waals surface area contributed by atoms with Crippen molar-refractivity contribution in [3.63, 3.8) is 0 Å². The smallest absolute Gasteiger partial charge is 0.226 e. The molecule has 0 radical (unpaired) electrons. The molecule has 0 aliphatic carbocycles. The lowest BCUT2D eigenvalue weighted by Gasteiger charge is -2.32. The van der Waals surface area contributed by atoms with Crippen molar-refractivity contribution in [1.82, 2.24) is 14.9 Å². The van der Waals surface area contributed by atoms with Gasteiger partial charge in [0.2, 0.25) is 5.95 Å². The molecule has 3 rings (SSSR count). The zero-order valence-corrected chi connectivity index (χ0v) is 15.1. The van der Waals surface area contributed by atoms with E-state index in [1.54, 1.807) is 6.20 Å². The molecule has 2 aromatic heterocycles. The van der Waals surface area contributed by atoms with Gasteiger partial charge in [0, 0.05) is 39.4 Å². The number of piperidine rings is 1. The number of nitrogens with zero attached hydrogens (tertiary/aromatic N) is 4. The topological polar surface area (TPSA) is 57.4 Å². The van der Waals surface area contributed by atoms with Gasteiger partial charge < -0.3 is 14.6 Å². The van der Waals surface area contributed by atoms with Gasteiger partial charge in [0.15, 0.2) is 4.67 Å². The molecule has 1 saturated heterocycles. The summed E-state index contributed by atoms with van der Waals surface area (Å²) in [6, 6.07) is 6.36. The summed E-state index contributed by atoms with van der Waals surface area (Å²) >= 11 is 3.35. The highest BCUT2D eigenvalue weighted by molar-refractivity contribution is 9.10. The maximum Gasteiger partial charge on any atom is 0.226 e. The lowest BCUT2D eigenvalue weighted by atomic mass is 10.0. The molecular weight excluding hydrogens is 358 g/mol. The van der Waals surface area contributed by atoms with Crippen LogP contribution < -0.4 is 10.2 Å². The third kappa shape index (κ3) is 4.45. The Hall–Kier alpha value is -1.60. The quantitative estimate of drug-likeness (QED) is 0.861. The van der Waals surface area contributed by atoms with Crippen molar-refractivity contribution in [3.8, 4) is 0 Å². The third-order valence-corrected chi connectivity index (χ3v) is 4.42. The van der Waals surface area contributed by atoms with Crippen LogP contribution in [0.25, 0.3) is 0 Å². The Balaban J connectivity index is 1.50. The first-order valence-electron chi connectivity index (χ1n) is 7.83. The Bertz CT molecular complexity index is 637. The molecule has 124 valence electrons. The van der Waals surface area contributed by atoms with E-state index in [1.807, 2.05) is 37.2 Å². The minimum absolute atomic E-state index is 0.458. The van der Waals surface area contributed by atoms with Gasteiger partial charge in [-0.25, -0.2) is 4.98 Å². The van der Waals surface area contributed by atoms with E-state index in [2.05, 4.69) is 36.1 Å². The molecular formula is C16H22BrN5O. The fourth-order valence-corrected chi connectivity index (χ4v) is 3.09. The summed E-state index contributed by atoms with van der Waals surface area (Å²) in [5, 5.41) is 3.53. The van der Waals surface area contributed by atoms with Crippen LogP contribution in [0.1, 0.15) is 18.6 Å². The fraction of sp³-hybridized carbons (Fsp3) is 0.500. The van der Waals surface area contributed by atoms with Crippen LogP contribution in [0.3, 0.4) is 0 Å². The lowest BCUT2D eigenvalue weighted by molar-refractivity contribution is 0.196. The van der Waals surface area contributed by atoms with E-state index in [1.165, 1.54) is 0 Å². The molecule has 3 heterocycles. The third-order valence-electron chi connectivity index (χ3n) is 3.99. The lowest BCUT2D eigenvalue weighted by Crippen LogP contribution is -2.38. The van der Waals surface area contributed by atoms with Gasteiger partial charge >= 0.3 is 0 Å². The summed E-state index contributed by atoms with van der Waals surface area (Å²) in [4.78, 5) is 13.1. The predicted octanol–water partition coefficient (Wildman–Crippen LogP) is 2.97. The van der Waals surface area contributed by atoms with Crippen molar-refractivity contribution in [2.75, 3.05) is 37.4 Å². The summed E-state index contributed by atoms with van der Waals surface area (Å²) in [7, 11) is 3.90. The maximum absolute atomic E-state index is 5.58. The molecule has 0 aromatic carbocycles. The average Bonchev–Trinajstić information content (AvgIpc) is 2.94. The summed E-state index contributed by atoms with van der Waals surface area (Å²) in [6.07, 6.45) is 4.00. The Morgan fingerprint density at radius 3 is 2.74 bits per heavy atom. The number of hydrogen-bond donors (Lipinski definition) is 1. The van der Waals surface area contributed by atoms with Crippen LogP contribution in [-0.4, -0.2) is 48.1 Å². The molecule has 0 amide bonds. The molecule has 1 fully saturated rings. The molecule has 7 heteroatoms. The molecule has 1 aliphatic heterocycles. The highest BCUT2D eigenvalue weighted by Gasteiger charge is 2.20. The molecule has 0 unspecified atom stereocenters. The predicted molar refractivity (Wildman–Crippen MR) is 94.7 cm³/mol. The first-order chi connectivity index (χ1) is 11.1. The molecule has 2 aromatic rings. The van der Waals surface area contributed by atoms with Crippen LogP contribution in [0.4, 0.5) is 11.8 Å². The van der Waals surface area contributed by atoms with Crippen molar-refractivity contribution in [2.45, 2.75) is 25.4 Å². The largest absolute Gasteiger partial charge is 0.453 e. The van der Waals surface area contributed by atoms with E-state index in [0.717, 1.165) is 54.7 Å². The molecule has 0 bridgehead atoms. The van der Waals surface area contributed by atoms with Gasteiger partial charge in [-0.3, -0.25) is 4.90 Å². The van der Waals surface area contributed by atoms with Crippen molar-refractivity contribution >= 4 is 27.7 Å². The summed E-state index contributed by atoms with van der Waals surface area (Å²) in [6.45, 7) is 2.99.